The lowest BCUT2D eigenvalue weighted by molar-refractivity contribution is 0.122. The van der Waals surface area contributed by atoms with Crippen LogP contribution in [0, 0.1) is 0 Å². The summed E-state index contributed by atoms with van der Waals surface area (Å²) < 4.78 is 9.11. The molecule has 120 valence electrons. The van der Waals surface area contributed by atoms with Gasteiger partial charge in [-0.2, -0.15) is 0 Å². The molecule has 1 fully saturated rings. The molecule has 0 atom stereocenters. The lowest BCUT2D eigenvalue weighted by atomic mass is 9.93. The van der Waals surface area contributed by atoms with E-state index in [0.717, 1.165) is 52.3 Å². The van der Waals surface area contributed by atoms with Crippen LogP contribution in [-0.4, -0.2) is 40.8 Å². The third-order valence-electron chi connectivity index (χ3n) is 3.48. The molecule has 3 heterocycles. The monoisotopic (exact) mass is 448 g/mol. The zero-order chi connectivity index (χ0) is 15.9. The van der Waals surface area contributed by atoms with Crippen LogP contribution in [0.4, 0.5) is 5.13 Å². The summed E-state index contributed by atoms with van der Waals surface area (Å²) in [6.07, 6.45) is 0. The van der Waals surface area contributed by atoms with E-state index in [1.165, 1.54) is 0 Å². The number of anilines is 1. The first-order valence-electron chi connectivity index (χ1n) is 7.11. The molecule has 0 radical (unpaired) electrons. The van der Waals surface area contributed by atoms with Crippen LogP contribution in [0.2, 0.25) is 0 Å². The second-order valence-corrected chi connectivity index (χ2v) is 8.49. The average Bonchev–Trinajstić information content (AvgIpc) is 3.04. The Morgan fingerprint density at radius 3 is 2.45 bits per heavy atom. The topological polar surface area (TPSA) is 43.2 Å². The number of thiazole rings is 1. The van der Waals surface area contributed by atoms with E-state index in [4.69, 9.17) is 9.72 Å². The molecule has 1 saturated heterocycles. The highest BCUT2D eigenvalue weighted by atomic mass is 79.9. The van der Waals surface area contributed by atoms with Crippen LogP contribution in [0.15, 0.2) is 14.7 Å². The van der Waals surface area contributed by atoms with E-state index in [0.29, 0.717) is 0 Å². The fourth-order valence-electron chi connectivity index (χ4n) is 2.31. The molecule has 22 heavy (non-hydrogen) atoms. The molecule has 0 amide bonds. The van der Waals surface area contributed by atoms with Crippen LogP contribution < -0.4 is 4.90 Å². The van der Waals surface area contributed by atoms with Crippen molar-refractivity contribution in [3.05, 3.63) is 20.4 Å². The van der Waals surface area contributed by atoms with Gasteiger partial charge in [0, 0.05) is 23.9 Å². The van der Waals surface area contributed by atoms with E-state index < -0.39 is 0 Å². The van der Waals surface area contributed by atoms with Crippen molar-refractivity contribution in [1.29, 1.82) is 0 Å². The fraction of sp³-hybridized carbons (Fsp3) is 0.571. The Bertz CT molecular complexity index is 671. The lowest BCUT2D eigenvalue weighted by Crippen LogP contribution is -2.36. The van der Waals surface area contributed by atoms with Crippen molar-refractivity contribution in [3.8, 4) is 5.82 Å². The van der Waals surface area contributed by atoms with Gasteiger partial charge in [0.05, 0.1) is 18.9 Å². The Balaban J connectivity index is 1.95. The maximum absolute atomic E-state index is 5.40. The Labute approximate surface area is 151 Å². The Morgan fingerprint density at radius 2 is 1.86 bits per heavy atom. The molecule has 0 unspecified atom stereocenters. The second kappa shape index (κ2) is 6.22. The van der Waals surface area contributed by atoms with Gasteiger partial charge in [0.15, 0.2) is 15.7 Å². The van der Waals surface area contributed by atoms with Crippen LogP contribution in [0.3, 0.4) is 0 Å². The maximum Gasteiger partial charge on any atom is 0.187 e. The lowest BCUT2D eigenvalue weighted by Gasteiger charge is -2.25. The largest absolute Gasteiger partial charge is 0.378 e. The van der Waals surface area contributed by atoms with E-state index in [1.807, 2.05) is 4.57 Å². The summed E-state index contributed by atoms with van der Waals surface area (Å²) in [5, 5.41) is 3.09. The van der Waals surface area contributed by atoms with Crippen molar-refractivity contribution in [3.63, 3.8) is 0 Å². The zero-order valence-corrected chi connectivity index (χ0v) is 16.8. The third kappa shape index (κ3) is 3.11. The number of hydrogen-bond donors (Lipinski definition) is 0. The first kappa shape index (κ1) is 16.4. The SMILES string of the molecule is CC(C)(C)c1nc(Br)n(-c2csc(N3CCOCC3)n2)c1Br. The molecular formula is C14H18Br2N4OS. The second-order valence-electron chi connectivity index (χ2n) is 6.19. The molecule has 0 aliphatic carbocycles. The molecular weight excluding hydrogens is 432 g/mol. The summed E-state index contributed by atoms with van der Waals surface area (Å²) in [6, 6.07) is 0. The van der Waals surface area contributed by atoms with Gasteiger partial charge in [0.1, 0.15) is 4.60 Å². The van der Waals surface area contributed by atoms with Crippen LogP contribution in [0.1, 0.15) is 26.5 Å². The Kier molecular flexibility index (Phi) is 4.64. The van der Waals surface area contributed by atoms with Gasteiger partial charge >= 0.3 is 0 Å². The minimum atomic E-state index is -0.0321. The first-order valence-corrected chi connectivity index (χ1v) is 9.57. The summed E-state index contributed by atoms with van der Waals surface area (Å²) in [5.74, 6) is 0.883. The summed E-state index contributed by atoms with van der Waals surface area (Å²) in [6.45, 7) is 9.77. The van der Waals surface area contributed by atoms with Gasteiger partial charge in [-0.3, -0.25) is 4.57 Å². The van der Waals surface area contributed by atoms with E-state index in [2.05, 4.69) is 67.9 Å². The molecule has 2 aromatic rings. The molecule has 1 aliphatic heterocycles. The number of rotatable bonds is 2. The van der Waals surface area contributed by atoms with Crippen LogP contribution >= 0.6 is 43.2 Å². The molecule has 1 aliphatic rings. The number of imidazole rings is 1. The van der Waals surface area contributed by atoms with Gasteiger partial charge in [-0.15, -0.1) is 11.3 Å². The number of nitrogens with zero attached hydrogens (tertiary/aromatic N) is 4. The van der Waals surface area contributed by atoms with Crippen molar-refractivity contribution in [2.45, 2.75) is 26.2 Å². The standard InChI is InChI=1S/C14H18Br2N4OS/c1-14(2,3)10-11(15)20(12(16)18-10)9-8-22-13(17-9)19-4-6-21-7-5-19/h8H,4-7H2,1-3H3. The van der Waals surface area contributed by atoms with Crippen molar-refractivity contribution in [2.24, 2.45) is 0 Å². The average molecular weight is 450 g/mol. The van der Waals surface area contributed by atoms with Crippen LogP contribution in [0.25, 0.3) is 5.82 Å². The van der Waals surface area contributed by atoms with Crippen molar-refractivity contribution in [1.82, 2.24) is 14.5 Å². The molecule has 0 N–H and O–H groups in total. The fourth-order valence-corrected chi connectivity index (χ4v) is 4.96. The number of aromatic nitrogens is 3. The molecule has 0 bridgehead atoms. The quantitative estimate of drug-likeness (QED) is 0.695. The minimum Gasteiger partial charge on any atom is -0.378 e. The summed E-state index contributed by atoms with van der Waals surface area (Å²) in [5.41, 5.74) is 0.982. The summed E-state index contributed by atoms with van der Waals surface area (Å²) in [4.78, 5) is 11.7. The number of hydrogen-bond acceptors (Lipinski definition) is 5. The van der Waals surface area contributed by atoms with Crippen molar-refractivity contribution >= 4 is 48.3 Å². The molecule has 5 nitrogen and oxygen atoms in total. The molecule has 0 spiro atoms. The van der Waals surface area contributed by atoms with E-state index in [-0.39, 0.29) is 5.41 Å². The van der Waals surface area contributed by atoms with E-state index in [9.17, 15) is 0 Å². The highest BCUT2D eigenvalue weighted by Gasteiger charge is 2.26. The van der Waals surface area contributed by atoms with Crippen LogP contribution in [0.5, 0.6) is 0 Å². The third-order valence-corrected chi connectivity index (χ3v) is 5.63. The predicted molar refractivity (Wildman–Crippen MR) is 96.4 cm³/mol. The zero-order valence-electron chi connectivity index (χ0n) is 12.8. The normalized spacial score (nSPS) is 16.3. The van der Waals surface area contributed by atoms with Crippen molar-refractivity contribution < 1.29 is 4.74 Å². The maximum atomic E-state index is 5.40. The molecule has 3 rings (SSSR count). The van der Waals surface area contributed by atoms with Crippen molar-refractivity contribution in [2.75, 3.05) is 31.2 Å². The highest BCUT2D eigenvalue weighted by molar-refractivity contribution is 9.11. The Morgan fingerprint density at radius 1 is 1.18 bits per heavy atom. The molecule has 0 aromatic carbocycles. The molecule has 0 saturated carbocycles. The first-order chi connectivity index (χ1) is 10.4. The van der Waals surface area contributed by atoms with Crippen LogP contribution in [-0.2, 0) is 10.2 Å². The smallest absolute Gasteiger partial charge is 0.187 e. The van der Waals surface area contributed by atoms with Gasteiger partial charge in [-0.05, 0) is 31.9 Å². The van der Waals surface area contributed by atoms with E-state index >= 15 is 0 Å². The number of halogens is 2. The minimum absolute atomic E-state index is 0.0321. The van der Waals surface area contributed by atoms with Gasteiger partial charge < -0.3 is 9.64 Å². The molecule has 8 heteroatoms. The van der Waals surface area contributed by atoms with E-state index in [1.54, 1.807) is 11.3 Å². The van der Waals surface area contributed by atoms with Gasteiger partial charge in [0.25, 0.3) is 0 Å². The number of ether oxygens (including phenoxy) is 1. The van der Waals surface area contributed by atoms with Gasteiger partial charge in [-0.1, -0.05) is 20.8 Å². The Hall–Kier alpha value is -0.440. The predicted octanol–water partition coefficient (Wildman–Crippen LogP) is 3.99. The van der Waals surface area contributed by atoms with Gasteiger partial charge in [0.2, 0.25) is 0 Å². The number of morpholine rings is 1. The summed E-state index contributed by atoms with van der Waals surface area (Å²) in [7, 11) is 0. The van der Waals surface area contributed by atoms with Gasteiger partial charge in [-0.25, -0.2) is 9.97 Å². The molecule has 2 aromatic heterocycles. The highest BCUT2D eigenvalue weighted by Crippen LogP contribution is 2.35. The summed E-state index contributed by atoms with van der Waals surface area (Å²) >= 11 is 8.89.